The molecule has 0 saturated carbocycles. The highest BCUT2D eigenvalue weighted by Gasteiger charge is 2.33. The number of esters is 1. The zero-order valence-electron chi connectivity index (χ0n) is 22.0. The molecule has 1 atom stereocenters. The summed E-state index contributed by atoms with van der Waals surface area (Å²) in [6.07, 6.45) is 1.83. The van der Waals surface area contributed by atoms with Gasteiger partial charge in [0.1, 0.15) is 5.75 Å². The van der Waals surface area contributed by atoms with Crippen molar-refractivity contribution < 1.29 is 19.0 Å². The lowest BCUT2D eigenvalue weighted by Gasteiger charge is -2.29. The first kappa shape index (κ1) is 25.9. The highest BCUT2D eigenvalue weighted by molar-refractivity contribution is 7.07. The number of ether oxygens (including phenoxy) is 3. The number of methoxy groups -OCH3 is 1. The summed E-state index contributed by atoms with van der Waals surface area (Å²) in [4.78, 5) is 34.3. The summed E-state index contributed by atoms with van der Waals surface area (Å²) in [6.45, 7) is 8.83. The van der Waals surface area contributed by atoms with Gasteiger partial charge in [-0.2, -0.15) is 0 Å². The Morgan fingerprint density at radius 1 is 1.16 bits per heavy atom. The highest BCUT2D eigenvalue weighted by atomic mass is 32.1. The molecule has 0 bridgehead atoms. The minimum absolute atomic E-state index is 0.215. The van der Waals surface area contributed by atoms with Gasteiger partial charge in [-0.15, -0.1) is 0 Å². The number of carbonyl (C=O) groups excluding carboxylic acids is 1. The smallest absolute Gasteiger partial charge is 0.338 e. The number of thiazole rings is 1. The molecule has 2 aliphatic rings. The number of anilines is 1. The van der Waals surface area contributed by atoms with Crippen molar-refractivity contribution in [2.45, 2.75) is 26.8 Å². The molecule has 1 fully saturated rings. The fraction of sp³-hybridized carbons (Fsp3) is 0.345. The van der Waals surface area contributed by atoms with Crippen molar-refractivity contribution in [2.75, 3.05) is 44.9 Å². The van der Waals surface area contributed by atoms with Crippen LogP contribution in [0.2, 0.25) is 0 Å². The molecule has 8 nitrogen and oxygen atoms in total. The minimum atomic E-state index is -0.626. The van der Waals surface area contributed by atoms with Gasteiger partial charge in [-0.3, -0.25) is 9.36 Å². The van der Waals surface area contributed by atoms with Crippen LogP contribution in [0, 0.1) is 6.92 Å². The Hall–Kier alpha value is -3.69. The van der Waals surface area contributed by atoms with Crippen LogP contribution in [0.1, 0.15) is 36.6 Å². The van der Waals surface area contributed by atoms with E-state index in [0.29, 0.717) is 39.6 Å². The van der Waals surface area contributed by atoms with Gasteiger partial charge in [0.05, 0.1) is 48.8 Å². The quantitative estimate of drug-likeness (QED) is 0.453. The average Bonchev–Trinajstić information content (AvgIpc) is 3.23. The maximum atomic E-state index is 13.9. The fourth-order valence-electron chi connectivity index (χ4n) is 4.83. The second-order valence-corrected chi connectivity index (χ2v) is 10.2. The fourth-order valence-corrected chi connectivity index (χ4v) is 5.87. The minimum Gasteiger partial charge on any atom is -0.496 e. The van der Waals surface area contributed by atoms with Gasteiger partial charge in [0.25, 0.3) is 5.56 Å². The Bertz CT molecular complexity index is 1560. The number of morpholine rings is 1. The van der Waals surface area contributed by atoms with Crippen molar-refractivity contribution in [3.05, 3.63) is 90.1 Å². The van der Waals surface area contributed by atoms with Crippen LogP contribution in [-0.4, -0.2) is 50.6 Å². The van der Waals surface area contributed by atoms with Crippen LogP contribution in [0.3, 0.4) is 0 Å². The van der Waals surface area contributed by atoms with Crippen molar-refractivity contribution in [3.63, 3.8) is 0 Å². The van der Waals surface area contributed by atoms with Crippen molar-refractivity contribution in [1.29, 1.82) is 0 Å². The van der Waals surface area contributed by atoms with Crippen LogP contribution in [0.5, 0.6) is 5.75 Å². The van der Waals surface area contributed by atoms with Gasteiger partial charge in [-0.05, 0) is 44.5 Å². The zero-order valence-corrected chi connectivity index (χ0v) is 22.8. The number of nitrogens with zero attached hydrogens (tertiary/aromatic N) is 3. The van der Waals surface area contributed by atoms with E-state index in [2.05, 4.69) is 9.89 Å². The zero-order chi connectivity index (χ0) is 26.8. The molecule has 0 N–H and O–H groups in total. The Labute approximate surface area is 225 Å². The lowest BCUT2D eigenvalue weighted by molar-refractivity contribution is -0.139. The van der Waals surface area contributed by atoms with E-state index in [1.807, 2.05) is 55.5 Å². The average molecular weight is 534 g/mol. The number of hydrogen-bond acceptors (Lipinski definition) is 8. The maximum Gasteiger partial charge on any atom is 0.338 e. The maximum absolute atomic E-state index is 13.9. The number of hydrogen-bond donors (Lipinski definition) is 0. The number of allylic oxidation sites excluding steroid dienone is 1. The molecule has 1 unspecified atom stereocenters. The molecule has 2 aromatic carbocycles. The Kier molecular flexibility index (Phi) is 7.49. The number of aryl methyl sites for hydroxylation is 1. The van der Waals surface area contributed by atoms with E-state index in [4.69, 9.17) is 14.2 Å². The van der Waals surface area contributed by atoms with Crippen molar-refractivity contribution in [2.24, 2.45) is 4.99 Å². The first-order valence-corrected chi connectivity index (χ1v) is 13.5. The molecule has 1 aromatic heterocycles. The monoisotopic (exact) mass is 533 g/mol. The predicted molar refractivity (Wildman–Crippen MR) is 148 cm³/mol. The van der Waals surface area contributed by atoms with E-state index in [0.717, 1.165) is 35.5 Å². The van der Waals surface area contributed by atoms with Crippen LogP contribution in [0.15, 0.2) is 63.5 Å². The molecular weight excluding hydrogens is 502 g/mol. The van der Waals surface area contributed by atoms with Crippen LogP contribution in [-0.2, 0) is 14.3 Å². The molecule has 0 spiro atoms. The molecule has 0 amide bonds. The van der Waals surface area contributed by atoms with E-state index in [1.54, 1.807) is 25.5 Å². The Morgan fingerprint density at radius 2 is 1.89 bits per heavy atom. The van der Waals surface area contributed by atoms with Gasteiger partial charge < -0.3 is 19.1 Å². The van der Waals surface area contributed by atoms with E-state index < -0.39 is 12.0 Å². The second kappa shape index (κ2) is 11.0. The van der Waals surface area contributed by atoms with Crippen molar-refractivity contribution in [1.82, 2.24) is 4.57 Å². The van der Waals surface area contributed by atoms with E-state index in [9.17, 15) is 9.59 Å². The number of carbonyl (C=O) groups is 1. The normalized spacial score (nSPS) is 17.7. The van der Waals surface area contributed by atoms with Gasteiger partial charge in [0, 0.05) is 30.4 Å². The van der Waals surface area contributed by atoms with Gasteiger partial charge in [0.2, 0.25) is 0 Å². The summed E-state index contributed by atoms with van der Waals surface area (Å²) in [5, 5.41) is 0. The number of rotatable bonds is 6. The molecule has 0 radical (unpaired) electrons. The molecule has 1 saturated heterocycles. The standard InChI is InChI=1S/C29H31N3O5S/c1-5-37-28(34)25-19(3)30-29-32(26(25)20-8-6-18(2)7-9-20)27(33)24(38-29)16-21-10-11-22(17-23(21)35-4)31-12-14-36-15-13-31/h6-11,16-17,26H,5,12-15H2,1-4H3. The summed E-state index contributed by atoms with van der Waals surface area (Å²) >= 11 is 1.30. The first-order valence-electron chi connectivity index (χ1n) is 12.7. The molecule has 0 aliphatic carbocycles. The number of fused-ring (bicyclic) bond motifs is 1. The predicted octanol–water partition coefficient (Wildman–Crippen LogP) is 2.95. The summed E-state index contributed by atoms with van der Waals surface area (Å²) < 4.78 is 18.7. The van der Waals surface area contributed by atoms with Crippen LogP contribution < -0.4 is 24.5 Å². The summed E-state index contributed by atoms with van der Waals surface area (Å²) in [5.74, 6) is 0.215. The topological polar surface area (TPSA) is 82.4 Å². The molecule has 5 rings (SSSR count). The molecule has 9 heteroatoms. The van der Waals surface area contributed by atoms with Gasteiger partial charge in [-0.1, -0.05) is 41.2 Å². The van der Waals surface area contributed by atoms with Gasteiger partial charge in [-0.25, -0.2) is 9.79 Å². The van der Waals surface area contributed by atoms with E-state index >= 15 is 0 Å². The Balaban J connectivity index is 1.63. The third-order valence-corrected chi connectivity index (χ3v) is 7.77. The molecule has 38 heavy (non-hydrogen) atoms. The van der Waals surface area contributed by atoms with Crippen molar-refractivity contribution in [3.8, 4) is 5.75 Å². The van der Waals surface area contributed by atoms with Gasteiger partial charge >= 0.3 is 5.97 Å². The second-order valence-electron chi connectivity index (χ2n) is 9.24. The lowest BCUT2D eigenvalue weighted by Crippen LogP contribution is -2.39. The summed E-state index contributed by atoms with van der Waals surface area (Å²) in [5.41, 5.74) is 4.48. The summed E-state index contributed by atoms with van der Waals surface area (Å²) in [6, 6.07) is 13.2. The largest absolute Gasteiger partial charge is 0.496 e. The summed E-state index contributed by atoms with van der Waals surface area (Å²) in [7, 11) is 1.63. The van der Waals surface area contributed by atoms with Crippen LogP contribution in [0.25, 0.3) is 6.08 Å². The molecular formula is C29H31N3O5S. The molecule has 3 heterocycles. The molecule has 2 aliphatic heterocycles. The molecule has 3 aromatic rings. The van der Waals surface area contributed by atoms with E-state index in [1.165, 1.54) is 11.3 Å². The van der Waals surface area contributed by atoms with E-state index in [-0.39, 0.29) is 12.2 Å². The third kappa shape index (κ3) is 4.91. The van der Waals surface area contributed by atoms with Gasteiger partial charge in [0.15, 0.2) is 4.80 Å². The SMILES string of the molecule is CCOC(=O)C1=C(C)N=c2sc(=Cc3ccc(N4CCOCC4)cc3OC)c(=O)n2C1c1ccc(C)cc1. The lowest BCUT2D eigenvalue weighted by atomic mass is 9.95. The number of aromatic nitrogens is 1. The third-order valence-electron chi connectivity index (χ3n) is 6.79. The highest BCUT2D eigenvalue weighted by Crippen LogP contribution is 2.31. The van der Waals surface area contributed by atoms with Crippen molar-refractivity contribution >= 4 is 29.1 Å². The number of benzene rings is 2. The first-order chi connectivity index (χ1) is 18.4. The van der Waals surface area contributed by atoms with Crippen LogP contribution >= 0.6 is 11.3 Å². The Morgan fingerprint density at radius 3 is 2.58 bits per heavy atom. The molecule has 198 valence electrons. The van der Waals surface area contributed by atoms with Crippen LogP contribution in [0.4, 0.5) is 5.69 Å².